The minimum absolute atomic E-state index is 0.226. The molecule has 146 valence electrons. The Kier molecular flexibility index (Phi) is 5.38. The molecule has 0 bridgehead atoms. The summed E-state index contributed by atoms with van der Waals surface area (Å²) in [6, 6.07) is 18.3. The summed E-state index contributed by atoms with van der Waals surface area (Å²) in [6.07, 6.45) is 1.64. The zero-order valence-corrected chi connectivity index (χ0v) is 17.1. The summed E-state index contributed by atoms with van der Waals surface area (Å²) in [7, 11) is 0. The van der Waals surface area contributed by atoms with Gasteiger partial charge in [-0.2, -0.15) is 0 Å². The smallest absolute Gasteiger partial charge is 0.281 e. The van der Waals surface area contributed by atoms with Gasteiger partial charge in [0.05, 0.1) is 5.69 Å². The number of amides is 1. The normalized spacial score (nSPS) is 15.1. The molecule has 1 saturated heterocycles. The van der Waals surface area contributed by atoms with Gasteiger partial charge < -0.3 is 14.5 Å². The Hall–Kier alpha value is -3.09. The number of furan rings is 1. The summed E-state index contributed by atoms with van der Waals surface area (Å²) in [5, 5.41) is 3.94. The zero-order valence-electron chi connectivity index (χ0n) is 15.5. The third-order valence-electron chi connectivity index (χ3n) is 4.30. The maximum absolute atomic E-state index is 12.8. The molecule has 0 unspecified atom stereocenters. The molecule has 0 atom stereocenters. The van der Waals surface area contributed by atoms with Crippen LogP contribution >= 0.6 is 23.8 Å². The van der Waals surface area contributed by atoms with Gasteiger partial charge >= 0.3 is 0 Å². The Bertz CT molecular complexity index is 1110. The van der Waals surface area contributed by atoms with E-state index < -0.39 is 0 Å². The van der Waals surface area contributed by atoms with E-state index in [9.17, 15) is 4.79 Å². The second kappa shape index (κ2) is 8.11. The second-order valence-electron chi connectivity index (χ2n) is 6.51. The topological polar surface area (TPSA) is 54.7 Å². The van der Waals surface area contributed by atoms with E-state index in [0.717, 1.165) is 11.3 Å². The van der Waals surface area contributed by atoms with E-state index in [1.54, 1.807) is 42.5 Å². The van der Waals surface area contributed by atoms with Crippen molar-refractivity contribution in [3.63, 3.8) is 0 Å². The number of carbonyl (C=O) groups is 1. The Balaban J connectivity index is 1.46. The van der Waals surface area contributed by atoms with E-state index >= 15 is 0 Å². The highest BCUT2D eigenvalue weighted by Crippen LogP contribution is 2.24. The number of hydrogen-bond acceptors (Lipinski definition) is 4. The largest absolute Gasteiger partial charge is 0.486 e. The van der Waals surface area contributed by atoms with Crippen molar-refractivity contribution in [1.29, 1.82) is 0 Å². The maximum atomic E-state index is 12.8. The highest BCUT2D eigenvalue weighted by molar-refractivity contribution is 7.80. The lowest BCUT2D eigenvalue weighted by Crippen LogP contribution is -2.30. The molecule has 1 aliphatic rings. The van der Waals surface area contributed by atoms with Crippen molar-refractivity contribution in [1.82, 2.24) is 5.32 Å². The Morgan fingerprint density at radius 3 is 2.72 bits per heavy atom. The predicted octanol–water partition coefficient (Wildman–Crippen LogP) is 5.08. The molecule has 1 aromatic heterocycles. The summed E-state index contributed by atoms with van der Waals surface area (Å²) >= 11 is 11.2. The molecule has 7 heteroatoms. The molecule has 3 aromatic rings. The molecule has 0 aliphatic carbocycles. The quantitative estimate of drug-likeness (QED) is 0.457. The number of halogens is 1. The first-order chi connectivity index (χ1) is 14.0. The predicted molar refractivity (Wildman–Crippen MR) is 117 cm³/mol. The van der Waals surface area contributed by atoms with Crippen molar-refractivity contribution in [2.45, 2.75) is 13.5 Å². The minimum Gasteiger partial charge on any atom is -0.486 e. The van der Waals surface area contributed by atoms with Gasteiger partial charge in [-0.25, -0.2) is 0 Å². The highest BCUT2D eigenvalue weighted by Gasteiger charge is 2.32. The van der Waals surface area contributed by atoms with Crippen LogP contribution in [-0.2, 0) is 11.4 Å². The standard InChI is InChI=1S/C22H17ClN2O3S/c1-14-3-2-4-16(11-14)25-21(26)20(24-22(25)29)12-18-9-10-19(28-18)13-27-17-7-5-15(23)6-8-17/h2-12H,13H2,1H3,(H,24,29)/b20-12+. The molecule has 5 nitrogen and oxygen atoms in total. The van der Waals surface area contributed by atoms with Crippen LogP contribution in [0, 0.1) is 6.92 Å². The van der Waals surface area contributed by atoms with Crippen LogP contribution in [0.3, 0.4) is 0 Å². The van der Waals surface area contributed by atoms with Gasteiger partial charge in [-0.3, -0.25) is 9.69 Å². The Morgan fingerprint density at radius 1 is 1.17 bits per heavy atom. The van der Waals surface area contributed by atoms with Gasteiger partial charge in [-0.1, -0.05) is 23.7 Å². The lowest BCUT2D eigenvalue weighted by atomic mass is 10.2. The molecule has 1 N–H and O–H groups in total. The van der Waals surface area contributed by atoms with Crippen molar-refractivity contribution in [3.05, 3.63) is 88.5 Å². The average molecular weight is 425 g/mol. The Labute approximate surface area is 178 Å². The molecular formula is C22H17ClN2O3S. The van der Waals surface area contributed by atoms with Gasteiger partial charge in [0.1, 0.15) is 29.6 Å². The van der Waals surface area contributed by atoms with E-state index in [2.05, 4.69) is 5.32 Å². The first-order valence-electron chi connectivity index (χ1n) is 8.90. The van der Waals surface area contributed by atoms with Crippen molar-refractivity contribution in [2.75, 3.05) is 4.90 Å². The molecule has 2 heterocycles. The molecular weight excluding hydrogens is 408 g/mol. The zero-order chi connectivity index (χ0) is 20.4. The van der Waals surface area contributed by atoms with Gasteiger partial charge in [0.2, 0.25) is 0 Å². The van der Waals surface area contributed by atoms with Crippen LogP contribution in [0.2, 0.25) is 5.02 Å². The molecule has 29 heavy (non-hydrogen) atoms. The van der Waals surface area contributed by atoms with Gasteiger partial charge in [0.15, 0.2) is 5.11 Å². The lowest BCUT2D eigenvalue weighted by Gasteiger charge is -2.14. The molecule has 1 aliphatic heterocycles. The number of nitrogens with zero attached hydrogens (tertiary/aromatic N) is 1. The number of aryl methyl sites for hydroxylation is 1. The van der Waals surface area contributed by atoms with Crippen molar-refractivity contribution >= 4 is 46.6 Å². The number of ether oxygens (including phenoxy) is 1. The first kappa shape index (κ1) is 19.2. The number of rotatable bonds is 5. The number of thiocarbonyl (C=S) groups is 1. The number of carbonyl (C=O) groups excluding carboxylic acids is 1. The van der Waals surface area contributed by atoms with Gasteiger partial charge in [-0.05, 0) is 73.2 Å². The molecule has 4 rings (SSSR count). The molecule has 2 aromatic carbocycles. The summed E-state index contributed by atoms with van der Waals surface area (Å²) in [6.45, 7) is 2.23. The van der Waals surface area contributed by atoms with E-state index in [-0.39, 0.29) is 12.5 Å². The van der Waals surface area contributed by atoms with Crippen LogP contribution < -0.4 is 15.0 Å². The van der Waals surface area contributed by atoms with Gasteiger partial charge in [-0.15, -0.1) is 0 Å². The number of benzene rings is 2. The molecule has 0 radical (unpaired) electrons. The molecule has 0 saturated carbocycles. The van der Waals surface area contributed by atoms with Gasteiger partial charge in [0, 0.05) is 11.1 Å². The maximum Gasteiger partial charge on any atom is 0.281 e. The summed E-state index contributed by atoms with van der Waals surface area (Å²) in [5.41, 5.74) is 2.13. The van der Waals surface area contributed by atoms with E-state index in [4.69, 9.17) is 33.0 Å². The Morgan fingerprint density at radius 2 is 1.97 bits per heavy atom. The fourth-order valence-electron chi connectivity index (χ4n) is 2.91. The van der Waals surface area contributed by atoms with Crippen molar-refractivity contribution < 1.29 is 13.9 Å². The molecule has 1 amide bonds. The third kappa shape index (κ3) is 4.34. The average Bonchev–Trinajstić information content (AvgIpc) is 3.25. The van der Waals surface area contributed by atoms with Crippen LogP contribution in [0.25, 0.3) is 6.08 Å². The number of hydrogen-bond donors (Lipinski definition) is 1. The molecule has 0 spiro atoms. The third-order valence-corrected chi connectivity index (χ3v) is 4.84. The highest BCUT2D eigenvalue weighted by atomic mass is 35.5. The fraction of sp³-hybridized carbons (Fsp3) is 0.0909. The van der Waals surface area contributed by atoms with E-state index in [1.807, 2.05) is 31.2 Å². The van der Waals surface area contributed by atoms with Crippen molar-refractivity contribution in [2.24, 2.45) is 0 Å². The van der Waals surface area contributed by atoms with E-state index in [1.165, 1.54) is 4.90 Å². The van der Waals surface area contributed by atoms with E-state index in [0.29, 0.717) is 33.1 Å². The number of anilines is 1. The summed E-state index contributed by atoms with van der Waals surface area (Å²) in [5.74, 6) is 1.63. The first-order valence-corrected chi connectivity index (χ1v) is 9.69. The number of nitrogens with one attached hydrogen (secondary N) is 1. The SMILES string of the molecule is Cc1cccc(N2C(=O)/C(=C\c3ccc(COc4ccc(Cl)cc4)o3)NC2=S)c1. The monoisotopic (exact) mass is 424 g/mol. The fourth-order valence-corrected chi connectivity index (χ4v) is 3.34. The van der Waals surface area contributed by atoms with Crippen molar-refractivity contribution in [3.8, 4) is 5.75 Å². The van der Waals surface area contributed by atoms with Crippen LogP contribution in [0.1, 0.15) is 17.1 Å². The van der Waals surface area contributed by atoms with Crippen LogP contribution in [0.4, 0.5) is 5.69 Å². The molecule has 1 fully saturated rings. The minimum atomic E-state index is -0.226. The summed E-state index contributed by atoms with van der Waals surface area (Å²) < 4.78 is 11.4. The summed E-state index contributed by atoms with van der Waals surface area (Å²) in [4.78, 5) is 14.3. The van der Waals surface area contributed by atoms with Crippen LogP contribution in [0.5, 0.6) is 5.75 Å². The van der Waals surface area contributed by atoms with Gasteiger partial charge in [0.25, 0.3) is 5.91 Å². The lowest BCUT2D eigenvalue weighted by molar-refractivity contribution is -0.113. The van der Waals surface area contributed by atoms with Crippen LogP contribution in [-0.4, -0.2) is 11.0 Å². The second-order valence-corrected chi connectivity index (χ2v) is 7.34. The van der Waals surface area contributed by atoms with Crippen LogP contribution in [0.15, 0.2) is 70.8 Å².